The average Bonchev–Trinajstić information content (AvgIpc) is 2.52. The van der Waals surface area contributed by atoms with Gasteiger partial charge in [0.2, 0.25) is 5.91 Å². The second-order valence-corrected chi connectivity index (χ2v) is 5.55. The Morgan fingerprint density at radius 1 is 1.17 bits per heavy atom. The minimum absolute atomic E-state index is 0.0701. The lowest BCUT2D eigenvalue weighted by Crippen LogP contribution is -2.37. The molecule has 7 nitrogen and oxygen atoms in total. The van der Waals surface area contributed by atoms with Crippen LogP contribution in [0.4, 0.5) is 5.69 Å². The summed E-state index contributed by atoms with van der Waals surface area (Å²) in [6, 6.07) is 6.72. The van der Waals surface area contributed by atoms with Gasteiger partial charge >= 0.3 is 5.97 Å². The topological polar surface area (TPSA) is 92.8 Å². The summed E-state index contributed by atoms with van der Waals surface area (Å²) >= 11 is 5.93. The number of Topliss-reactive ketones (excluding diaryl/α,β-unsaturated/α-hetero) is 1. The smallest absolute Gasteiger partial charge is 0.306 e. The SMILES string of the molecule is CC(=O)CCC(=O)OCC(=O)N(C)CC(=O)Nc1ccccc1Cl. The first kappa shape index (κ1) is 19.6. The van der Waals surface area contributed by atoms with Gasteiger partial charge in [-0.05, 0) is 19.1 Å². The van der Waals surface area contributed by atoms with E-state index in [0.717, 1.165) is 4.90 Å². The van der Waals surface area contributed by atoms with E-state index in [4.69, 9.17) is 16.3 Å². The molecule has 0 saturated heterocycles. The fraction of sp³-hybridized carbons (Fsp3) is 0.375. The number of nitrogens with zero attached hydrogens (tertiary/aromatic N) is 1. The molecule has 2 amide bonds. The first-order chi connectivity index (χ1) is 11.3. The van der Waals surface area contributed by atoms with Crippen molar-refractivity contribution in [3.05, 3.63) is 29.3 Å². The molecule has 1 rings (SSSR count). The molecule has 0 saturated carbocycles. The average molecular weight is 355 g/mol. The molecule has 8 heteroatoms. The maximum atomic E-state index is 11.9. The van der Waals surface area contributed by atoms with Gasteiger partial charge in [0.15, 0.2) is 6.61 Å². The van der Waals surface area contributed by atoms with Gasteiger partial charge in [0.1, 0.15) is 5.78 Å². The minimum atomic E-state index is -0.632. The molecule has 24 heavy (non-hydrogen) atoms. The van der Waals surface area contributed by atoms with Crippen molar-refractivity contribution in [1.29, 1.82) is 0 Å². The van der Waals surface area contributed by atoms with Crippen LogP contribution in [0, 0.1) is 0 Å². The quantitative estimate of drug-likeness (QED) is 0.716. The highest BCUT2D eigenvalue weighted by Gasteiger charge is 2.16. The van der Waals surface area contributed by atoms with Crippen LogP contribution in [-0.4, -0.2) is 48.7 Å². The second kappa shape index (κ2) is 9.67. The molecule has 130 valence electrons. The zero-order valence-corrected chi connectivity index (χ0v) is 14.3. The molecular weight excluding hydrogens is 336 g/mol. The Labute approximate surface area is 144 Å². The number of ether oxygens (including phenoxy) is 1. The summed E-state index contributed by atoms with van der Waals surface area (Å²) in [6.07, 6.45) is 0.00240. The maximum Gasteiger partial charge on any atom is 0.306 e. The van der Waals surface area contributed by atoms with Crippen LogP contribution in [0.5, 0.6) is 0 Å². The third-order valence-corrected chi connectivity index (χ3v) is 3.32. The number of para-hydroxylation sites is 1. The summed E-state index contributed by atoms with van der Waals surface area (Å²) in [6.45, 7) is 0.672. The molecule has 0 heterocycles. The van der Waals surface area contributed by atoms with E-state index in [-0.39, 0.29) is 25.2 Å². The van der Waals surface area contributed by atoms with Crippen molar-refractivity contribution in [3.8, 4) is 0 Å². The zero-order chi connectivity index (χ0) is 18.1. The predicted octanol–water partition coefficient (Wildman–Crippen LogP) is 1.65. The van der Waals surface area contributed by atoms with Gasteiger partial charge in [0, 0.05) is 13.5 Å². The normalized spacial score (nSPS) is 9.96. The van der Waals surface area contributed by atoms with E-state index in [1.807, 2.05) is 0 Å². The number of amides is 2. The van der Waals surface area contributed by atoms with Crippen molar-refractivity contribution in [2.75, 3.05) is 25.5 Å². The number of likely N-dealkylation sites (N-methyl/N-ethyl adjacent to an activating group) is 1. The highest BCUT2D eigenvalue weighted by Crippen LogP contribution is 2.20. The number of rotatable bonds is 8. The molecular formula is C16H19ClN2O5. The Morgan fingerprint density at radius 2 is 1.83 bits per heavy atom. The molecule has 0 aliphatic carbocycles. The largest absolute Gasteiger partial charge is 0.456 e. The van der Waals surface area contributed by atoms with E-state index < -0.39 is 24.4 Å². The Kier molecular flexibility index (Phi) is 7.91. The number of nitrogens with one attached hydrogen (secondary N) is 1. The molecule has 0 fully saturated rings. The number of carbonyl (C=O) groups is 4. The van der Waals surface area contributed by atoms with Crippen LogP contribution in [-0.2, 0) is 23.9 Å². The van der Waals surface area contributed by atoms with Gasteiger partial charge < -0.3 is 19.7 Å². The van der Waals surface area contributed by atoms with Crippen LogP contribution < -0.4 is 5.32 Å². The van der Waals surface area contributed by atoms with Gasteiger partial charge in [-0.1, -0.05) is 23.7 Å². The molecule has 0 spiro atoms. The number of esters is 1. The van der Waals surface area contributed by atoms with E-state index in [0.29, 0.717) is 10.7 Å². The minimum Gasteiger partial charge on any atom is -0.456 e. The fourth-order valence-electron chi connectivity index (χ4n) is 1.66. The van der Waals surface area contributed by atoms with Crippen LogP contribution in [0.25, 0.3) is 0 Å². The van der Waals surface area contributed by atoms with Crippen LogP contribution >= 0.6 is 11.6 Å². The number of anilines is 1. The number of carbonyl (C=O) groups excluding carboxylic acids is 4. The monoisotopic (exact) mass is 354 g/mol. The molecule has 1 aromatic carbocycles. The van der Waals surface area contributed by atoms with Crippen molar-refractivity contribution in [2.45, 2.75) is 19.8 Å². The molecule has 0 aliphatic heterocycles. The van der Waals surface area contributed by atoms with Crippen molar-refractivity contribution in [3.63, 3.8) is 0 Å². The maximum absolute atomic E-state index is 11.9. The van der Waals surface area contributed by atoms with Gasteiger partial charge in [0.05, 0.1) is 23.7 Å². The molecule has 0 radical (unpaired) electrons. The summed E-state index contributed by atoms with van der Waals surface area (Å²) in [5.41, 5.74) is 0.445. The molecule has 0 aliphatic rings. The Balaban J connectivity index is 2.38. The standard InChI is InChI=1S/C16H19ClN2O5/c1-11(20)7-8-16(23)24-10-15(22)19(2)9-14(21)18-13-6-4-3-5-12(13)17/h3-6H,7-10H2,1-2H3,(H,18,21). The number of hydrogen-bond donors (Lipinski definition) is 1. The number of hydrogen-bond acceptors (Lipinski definition) is 5. The first-order valence-electron chi connectivity index (χ1n) is 7.23. The zero-order valence-electron chi connectivity index (χ0n) is 13.5. The molecule has 1 N–H and O–H groups in total. The van der Waals surface area contributed by atoms with Crippen molar-refractivity contribution in [1.82, 2.24) is 4.90 Å². The van der Waals surface area contributed by atoms with Crippen LogP contribution in [0.2, 0.25) is 5.02 Å². The summed E-state index contributed by atoms with van der Waals surface area (Å²) in [4.78, 5) is 46.9. The van der Waals surface area contributed by atoms with E-state index in [1.54, 1.807) is 24.3 Å². The second-order valence-electron chi connectivity index (χ2n) is 5.14. The fourth-order valence-corrected chi connectivity index (χ4v) is 1.84. The van der Waals surface area contributed by atoms with Gasteiger partial charge in [-0.15, -0.1) is 0 Å². The van der Waals surface area contributed by atoms with E-state index in [9.17, 15) is 19.2 Å². The van der Waals surface area contributed by atoms with Crippen molar-refractivity contribution >= 4 is 40.9 Å². The first-order valence-corrected chi connectivity index (χ1v) is 7.60. The molecule has 0 unspecified atom stereocenters. The molecule has 1 aromatic rings. The Hall–Kier alpha value is -2.41. The highest BCUT2D eigenvalue weighted by atomic mass is 35.5. The van der Waals surface area contributed by atoms with E-state index in [2.05, 4.69) is 5.32 Å². The van der Waals surface area contributed by atoms with Crippen molar-refractivity contribution < 1.29 is 23.9 Å². The van der Waals surface area contributed by atoms with Gasteiger partial charge in [-0.2, -0.15) is 0 Å². The third-order valence-electron chi connectivity index (χ3n) is 2.99. The van der Waals surface area contributed by atoms with Crippen LogP contribution in [0.15, 0.2) is 24.3 Å². The molecule has 0 atom stereocenters. The lowest BCUT2D eigenvalue weighted by molar-refractivity contribution is -0.152. The Morgan fingerprint density at radius 3 is 2.46 bits per heavy atom. The highest BCUT2D eigenvalue weighted by molar-refractivity contribution is 6.33. The van der Waals surface area contributed by atoms with Gasteiger partial charge in [-0.3, -0.25) is 14.4 Å². The lowest BCUT2D eigenvalue weighted by atomic mass is 10.2. The van der Waals surface area contributed by atoms with Crippen LogP contribution in [0.1, 0.15) is 19.8 Å². The number of ketones is 1. The number of benzene rings is 1. The Bertz CT molecular complexity index is 633. The number of halogens is 1. The summed E-state index contributed by atoms with van der Waals surface area (Å²) in [5.74, 6) is -1.72. The van der Waals surface area contributed by atoms with E-state index in [1.165, 1.54) is 14.0 Å². The van der Waals surface area contributed by atoms with E-state index >= 15 is 0 Å². The molecule has 0 bridgehead atoms. The van der Waals surface area contributed by atoms with Crippen molar-refractivity contribution in [2.24, 2.45) is 0 Å². The lowest BCUT2D eigenvalue weighted by Gasteiger charge is -2.17. The van der Waals surface area contributed by atoms with Gasteiger partial charge in [-0.25, -0.2) is 0 Å². The van der Waals surface area contributed by atoms with Gasteiger partial charge in [0.25, 0.3) is 5.91 Å². The van der Waals surface area contributed by atoms with Crippen LogP contribution in [0.3, 0.4) is 0 Å². The summed E-state index contributed by atoms with van der Waals surface area (Å²) < 4.78 is 4.76. The summed E-state index contributed by atoms with van der Waals surface area (Å²) in [7, 11) is 1.41. The third kappa shape index (κ3) is 7.23. The molecule has 0 aromatic heterocycles. The predicted molar refractivity (Wildman–Crippen MR) is 88.6 cm³/mol. The summed E-state index contributed by atoms with van der Waals surface area (Å²) in [5, 5.41) is 2.97.